The number of aromatic nitrogens is 5. The zero-order valence-electron chi connectivity index (χ0n) is 18.6. The van der Waals surface area contributed by atoms with Crippen molar-refractivity contribution in [2.75, 3.05) is 24.3 Å². The zero-order chi connectivity index (χ0) is 22.7. The van der Waals surface area contributed by atoms with Gasteiger partial charge in [-0.3, -0.25) is 14.5 Å². The molecule has 32 heavy (non-hydrogen) atoms. The van der Waals surface area contributed by atoms with E-state index >= 15 is 0 Å². The predicted molar refractivity (Wildman–Crippen MR) is 125 cm³/mol. The molecule has 0 unspecified atom stereocenters. The highest BCUT2D eigenvalue weighted by atomic mass is 16.2. The molecule has 4 heterocycles. The summed E-state index contributed by atoms with van der Waals surface area (Å²) in [4.78, 5) is 27.4. The molecule has 4 aromatic rings. The number of anilines is 2. The fourth-order valence-electron chi connectivity index (χ4n) is 3.41. The van der Waals surface area contributed by atoms with Gasteiger partial charge in [0, 0.05) is 55.7 Å². The van der Waals surface area contributed by atoms with Gasteiger partial charge < -0.3 is 10.2 Å². The molecule has 162 valence electrons. The molecule has 4 aromatic heterocycles. The van der Waals surface area contributed by atoms with Crippen molar-refractivity contribution in [1.82, 2.24) is 24.7 Å². The fourth-order valence-corrected chi connectivity index (χ4v) is 3.41. The topological polar surface area (TPSA) is 88.8 Å². The normalized spacial score (nSPS) is 10.8. The van der Waals surface area contributed by atoms with Gasteiger partial charge in [-0.05, 0) is 61.4 Å². The largest absolute Gasteiger partial charge is 0.363 e. The summed E-state index contributed by atoms with van der Waals surface area (Å²) in [5.74, 6) is 1.18. The monoisotopic (exact) mass is 427 g/mol. The van der Waals surface area contributed by atoms with Gasteiger partial charge >= 0.3 is 0 Å². The summed E-state index contributed by atoms with van der Waals surface area (Å²) in [6.45, 7) is 3.98. The second-order valence-electron chi connectivity index (χ2n) is 7.79. The van der Waals surface area contributed by atoms with E-state index in [-0.39, 0.29) is 12.5 Å². The molecule has 0 aliphatic heterocycles. The lowest BCUT2D eigenvalue weighted by molar-refractivity contribution is -0.116. The van der Waals surface area contributed by atoms with Gasteiger partial charge in [-0.1, -0.05) is 0 Å². The minimum absolute atomic E-state index is 0.102. The molecule has 0 atom stereocenters. The van der Waals surface area contributed by atoms with Crippen molar-refractivity contribution in [1.29, 1.82) is 0 Å². The maximum absolute atomic E-state index is 12.5. The van der Waals surface area contributed by atoms with Gasteiger partial charge in [-0.25, -0.2) is 9.97 Å². The molecule has 1 amide bonds. The summed E-state index contributed by atoms with van der Waals surface area (Å²) in [7, 11) is 3.90. The van der Waals surface area contributed by atoms with Crippen molar-refractivity contribution < 1.29 is 4.79 Å². The second-order valence-corrected chi connectivity index (χ2v) is 7.79. The first kappa shape index (κ1) is 21.2. The number of nitrogens with zero attached hydrogens (tertiary/aromatic N) is 6. The van der Waals surface area contributed by atoms with E-state index in [9.17, 15) is 4.79 Å². The van der Waals surface area contributed by atoms with Crippen molar-refractivity contribution >= 4 is 17.5 Å². The predicted octanol–water partition coefficient (Wildman–Crippen LogP) is 3.72. The number of aryl methyl sites for hydroxylation is 2. The quantitative estimate of drug-likeness (QED) is 0.504. The average Bonchev–Trinajstić information content (AvgIpc) is 3.14. The highest BCUT2D eigenvalue weighted by Crippen LogP contribution is 2.24. The number of hydrogen-bond donors (Lipinski definition) is 1. The maximum Gasteiger partial charge on any atom is 0.247 e. The number of hydrogen-bond acceptors (Lipinski definition) is 6. The van der Waals surface area contributed by atoms with Crippen LogP contribution in [0.15, 0.2) is 61.2 Å². The number of amides is 1. The first-order chi connectivity index (χ1) is 15.4. The lowest BCUT2D eigenvalue weighted by atomic mass is 10.1. The number of carbonyl (C=O) groups is 1. The summed E-state index contributed by atoms with van der Waals surface area (Å²) in [6.07, 6.45) is 7.17. The van der Waals surface area contributed by atoms with Gasteiger partial charge in [0.15, 0.2) is 0 Å². The van der Waals surface area contributed by atoms with Crippen LogP contribution in [0.1, 0.15) is 11.4 Å². The number of carbonyl (C=O) groups excluding carboxylic acids is 1. The summed E-state index contributed by atoms with van der Waals surface area (Å²) >= 11 is 0. The van der Waals surface area contributed by atoms with Gasteiger partial charge in [0.1, 0.15) is 18.2 Å². The van der Waals surface area contributed by atoms with Crippen LogP contribution < -0.4 is 10.2 Å². The fraction of sp³-hybridized carbons (Fsp3) is 0.208. The SMILES string of the molecule is Cc1cc(-c2cn(CC(=O)Nc3ccc(-c4ccnc(N(C)C)c4)cn3)nc2C)ccn1. The van der Waals surface area contributed by atoms with Crippen molar-refractivity contribution in [3.63, 3.8) is 0 Å². The molecule has 0 aromatic carbocycles. The van der Waals surface area contributed by atoms with E-state index in [1.54, 1.807) is 29.3 Å². The van der Waals surface area contributed by atoms with Crippen LogP contribution >= 0.6 is 0 Å². The van der Waals surface area contributed by atoms with E-state index in [1.165, 1.54) is 0 Å². The number of rotatable bonds is 6. The Kier molecular flexibility index (Phi) is 5.93. The van der Waals surface area contributed by atoms with Crippen LogP contribution in [0.5, 0.6) is 0 Å². The molecule has 8 heteroatoms. The van der Waals surface area contributed by atoms with Gasteiger partial charge in [-0.2, -0.15) is 5.10 Å². The van der Waals surface area contributed by atoms with Crippen LogP contribution in [-0.4, -0.2) is 44.7 Å². The molecule has 0 bridgehead atoms. The molecule has 0 spiro atoms. The van der Waals surface area contributed by atoms with E-state index in [4.69, 9.17) is 0 Å². The molecular weight excluding hydrogens is 402 g/mol. The number of pyridine rings is 3. The summed E-state index contributed by atoms with van der Waals surface area (Å²) in [5, 5.41) is 7.31. The molecule has 4 rings (SSSR count). The van der Waals surface area contributed by atoms with E-state index in [0.717, 1.165) is 39.5 Å². The Morgan fingerprint density at radius 1 is 0.969 bits per heavy atom. The molecular formula is C24H25N7O. The second kappa shape index (κ2) is 8.97. The van der Waals surface area contributed by atoms with Crippen LogP contribution in [0.2, 0.25) is 0 Å². The molecule has 0 radical (unpaired) electrons. The van der Waals surface area contributed by atoms with E-state index in [0.29, 0.717) is 5.82 Å². The molecule has 0 fully saturated rings. The minimum Gasteiger partial charge on any atom is -0.363 e. The average molecular weight is 428 g/mol. The van der Waals surface area contributed by atoms with Gasteiger partial charge in [0.2, 0.25) is 5.91 Å². The third-order valence-corrected chi connectivity index (χ3v) is 5.03. The lowest BCUT2D eigenvalue weighted by Crippen LogP contribution is -2.19. The molecule has 8 nitrogen and oxygen atoms in total. The molecule has 1 N–H and O–H groups in total. The highest BCUT2D eigenvalue weighted by Gasteiger charge is 2.11. The van der Waals surface area contributed by atoms with Crippen LogP contribution in [0.25, 0.3) is 22.3 Å². The van der Waals surface area contributed by atoms with Gasteiger partial charge in [0.25, 0.3) is 0 Å². The van der Waals surface area contributed by atoms with Crippen LogP contribution in [0.3, 0.4) is 0 Å². The summed E-state index contributed by atoms with van der Waals surface area (Å²) in [6, 6.07) is 11.6. The molecule has 0 saturated carbocycles. The third kappa shape index (κ3) is 4.80. The zero-order valence-corrected chi connectivity index (χ0v) is 18.6. The van der Waals surface area contributed by atoms with Crippen molar-refractivity contribution in [2.45, 2.75) is 20.4 Å². The first-order valence-electron chi connectivity index (χ1n) is 10.3. The van der Waals surface area contributed by atoms with Crippen molar-refractivity contribution in [3.8, 4) is 22.3 Å². The molecule has 0 aliphatic carbocycles. The smallest absolute Gasteiger partial charge is 0.247 e. The Morgan fingerprint density at radius 2 is 1.75 bits per heavy atom. The Balaban J connectivity index is 1.43. The van der Waals surface area contributed by atoms with Gasteiger partial charge in [0.05, 0.1) is 5.69 Å². The van der Waals surface area contributed by atoms with Crippen LogP contribution in [-0.2, 0) is 11.3 Å². The van der Waals surface area contributed by atoms with Crippen molar-refractivity contribution in [3.05, 3.63) is 72.6 Å². The minimum atomic E-state index is -0.191. The summed E-state index contributed by atoms with van der Waals surface area (Å²) in [5.41, 5.74) is 5.79. The highest BCUT2D eigenvalue weighted by molar-refractivity contribution is 5.89. The summed E-state index contributed by atoms with van der Waals surface area (Å²) < 4.78 is 1.64. The van der Waals surface area contributed by atoms with Crippen molar-refractivity contribution in [2.24, 2.45) is 0 Å². The van der Waals surface area contributed by atoms with Gasteiger partial charge in [-0.15, -0.1) is 0 Å². The van der Waals surface area contributed by atoms with Crippen LogP contribution in [0.4, 0.5) is 11.6 Å². The standard InChI is InChI=1S/C24H25N7O/c1-16-11-19(8-9-25-16)21-14-31(29-17(21)2)15-24(32)28-22-6-5-20(13-27-22)18-7-10-26-23(12-18)30(3)4/h5-14H,15H2,1-4H3,(H,27,28,32). The number of nitrogens with one attached hydrogen (secondary N) is 1. The maximum atomic E-state index is 12.5. The Morgan fingerprint density at radius 3 is 2.47 bits per heavy atom. The lowest BCUT2D eigenvalue weighted by Gasteiger charge is -2.12. The molecule has 0 saturated heterocycles. The van der Waals surface area contributed by atoms with E-state index < -0.39 is 0 Å². The third-order valence-electron chi connectivity index (χ3n) is 5.03. The Hall–Kier alpha value is -4.07. The Bertz CT molecular complexity index is 1250. The molecule has 0 aliphatic rings. The van der Waals surface area contributed by atoms with E-state index in [2.05, 4.69) is 25.4 Å². The Labute approximate surface area is 187 Å². The first-order valence-corrected chi connectivity index (χ1v) is 10.3. The van der Waals surface area contributed by atoms with E-state index in [1.807, 2.05) is 69.4 Å². The van der Waals surface area contributed by atoms with Crippen LogP contribution in [0, 0.1) is 13.8 Å².